The largest absolute Gasteiger partial charge is 0.469 e. The summed E-state index contributed by atoms with van der Waals surface area (Å²) in [6.45, 7) is 0. The van der Waals surface area contributed by atoms with E-state index in [-0.39, 0.29) is 17.3 Å². The lowest BCUT2D eigenvalue weighted by Crippen LogP contribution is -2.25. The lowest BCUT2D eigenvalue weighted by atomic mass is 9.79. The van der Waals surface area contributed by atoms with E-state index in [1.165, 1.54) is 7.11 Å². The molecule has 2 rings (SSSR count). The van der Waals surface area contributed by atoms with Crippen molar-refractivity contribution in [3.8, 4) is 0 Å². The Morgan fingerprint density at radius 1 is 1.62 bits per heavy atom. The van der Waals surface area contributed by atoms with Crippen molar-refractivity contribution in [2.75, 3.05) is 7.11 Å². The normalized spacial score (nSPS) is 37.6. The van der Waals surface area contributed by atoms with Crippen LogP contribution in [0.5, 0.6) is 0 Å². The van der Waals surface area contributed by atoms with Gasteiger partial charge in [-0.3, -0.25) is 9.59 Å². The molecule has 0 aromatic heterocycles. The van der Waals surface area contributed by atoms with E-state index in [4.69, 9.17) is 4.74 Å². The van der Waals surface area contributed by atoms with E-state index >= 15 is 0 Å². The first kappa shape index (κ1) is 8.73. The molecule has 2 aliphatic rings. The Labute approximate surface area is 77.4 Å². The van der Waals surface area contributed by atoms with Gasteiger partial charge in [-0.1, -0.05) is 6.42 Å². The van der Waals surface area contributed by atoms with Gasteiger partial charge < -0.3 is 4.74 Å². The topological polar surface area (TPSA) is 43.4 Å². The van der Waals surface area contributed by atoms with E-state index in [1.54, 1.807) is 0 Å². The molecule has 3 nitrogen and oxygen atoms in total. The summed E-state index contributed by atoms with van der Waals surface area (Å²) < 4.78 is 4.70. The Kier molecular flexibility index (Phi) is 1.90. The van der Waals surface area contributed by atoms with Crippen molar-refractivity contribution in [1.82, 2.24) is 0 Å². The van der Waals surface area contributed by atoms with Gasteiger partial charge in [0.1, 0.15) is 5.78 Å². The third-order valence-corrected chi connectivity index (χ3v) is 3.35. The number of rotatable bonds is 1. The van der Waals surface area contributed by atoms with Gasteiger partial charge in [0, 0.05) is 11.8 Å². The number of carbonyl (C=O) groups is 2. The monoisotopic (exact) mass is 182 g/mol. The van der Waals surface area contributed by atoms with Crippen LogP contribution in [-0.2, 0) is 14.3 Å². The zero-order chi connectivity index (χ0) is 9.47. The van der Waals surface area contributed by atoms with E-state index in [0.29, 0.717) is 12.2 Å². The third-order valence-electron chi connectivity index (χ3n) is 3.35. The molecule has 0 radical (unpaired) electrons. The molecule has 0 amide bonds. The van der Waals surface area contributed by atoms with E-state index in [0.717, 1.165) is 25.7 Å². The van der Waals surface area contributed by atoms with Crippen molar-refractivity contribution in [2.45, 2.75) is 32.1 Å². The van der Waals surface area contributed by atoms with Crippen LogP contribution in [-0.4, -0.2) is 18.9 Å². The van der Waals surface area contributed by atoms with Gasteiger partial charge in [0.15, 0.2) is 0 Å². The zero-order valence-electron chi connectivity index (χ0n) is 7.84. The molecule has 0 aliphatic heterocycles. The summed E-state index contributed by atoms with van der Waals surface area (Å²) in [6.07, 6.45) is 4.30. The van der Waals surface area contributed by atoms with Crippen molar-refractivity contribution in [3.63, 3.8) is 0 Å². The second-order valence-electron chi connectivity index (χ2n) is 4.20. The van der Waals surface area contributed by atoms with Crippen LogP contribution in [0.1, 0.15) is 32.1 Å². The second kappa shape index (κ2) is 2.82. The second-order valence-corrected chi connectivity index (χ2v) is 4.20. The number of hydrogen-bond donors (Lipinski definition) is 0. The van der Waals surface area contributed by atoms with Gasteiger partial charge in [0.25, 0.3) is 0 Å². The van der Waals surface area contributed by atoms with Gasteiger partial charge in [-0.2, -0.15) is 0 Å². The van der Waals surface area contributed by atoms with Gasteiger partial charge in [-0.05, 0) is 19.3 Å². The van der Waals surface area contributed by atoms with Crippen molar-refractivity contribution in [1.29, 1.82) is 0 Å². The molecular formula is C10H14O3. The lowest BCUT2D eigenvalue weighted by Gasteiger charge is -2.25. The molecule has 2 atom stereocenters. The van der Waals surface area contributed by atoms with Crippen LogP contribution in [0.3, 0.4) is 0 Å². The molecule has 0 aromatic rings. The van der Waals surface area contributed by atoms with Gasteiger partial charge in [0.2, 0.25) is 0 Å². The Bertz CT molecular complexity index is 259. The Morgan fingerprint density at radius 2 is 2.31 bits per heavy atom. The summed E-state index contributed by atoms with van der Waals surface area (Å²) in [6, 6.07) is 0. The fourth-order valence-electron chi connectivity index (χ4n) is 2.41. The maximum absolute atomic E-state index is 11.3. The molecule has 2 saturated carbocycles. The predicted octanol–water partition coefficient (Wildman–Crippen LogP) is 1.31. The highest BCUT2D eigenvalue weighted by molar-refractivity contribution is 6.01. The molecule has 2 aliphatic carbocycles. The van der Waals surface area contributed by atoms with Crippen LogP contribution < -0.4 is 0 Å². The average Bonchev–Trinajstić information content (AvgIpc) is 2.74. The summed E-state index contributed by atoms with van der Waals surface area (Å²) >= 11 is 0. The summed E-state index contributed by atoms with van der Waals surface area (Å²) in [5, 5.41) is 0. The first-order valence-corrected chi connectivity index (χ1v) is 4.79. The molecule has 0 saturated heterocycles. The summed E-state index contributed by atoms with van der Waals surface area (Å²) in [5.41, 5.74) is -0.100. The van der Waals surface area contributed by atoms with Gasteiger partial charge in [-0.15, -0.1) is 0 Å². The number of methoxy groups -OCH3 is 1. The van der Waals surface area contributed by atoms with E-state index in [2.05, 4.69) is 0 Å². The van der Waals surface area contributed by atoms with Gasteiger partial charge in [-0.25, -0.2) is 0 Å². The number of Topliss-reactive ketones (excluding diaryl/α,β-unsaturated/α-hetero) is 1. The third kappa shape index (κ3) is 1.36. The van der Waals surface area contributed by atoms with Crippen LogP contribution in [0.15, 0.2) is 0 Å². The van der Waals surface area contributed by atoms with Crippen LogP contribution in [0.4, 0.5) is 0 Å². The Balaban J connectivity index is 2.01. The van der Waals surface area contributed by atoms with E-state index in [1.807, 2.05) is 0 Å². The molecule has 72 valence electrons. The average molecular weight is 182 g/mol. The molecule has 0 bridgehead atoms. The van der Waals surface area contributed by atoms with Gasteiger partial charge >= 0.3 is 5.97 Å². The predicted molar refractivity (Wildman–Crippen MR) is 46.0 cm³/mol. The van der Waals surface area contributed by atoms with E-state index < -0.39 is 0 Å². The smallest absolute Gasteiger partial charge is 0.308 e. The first-order chi connectivity index (χ1) is 6.18. The molecule has 0 heterocycles. The van der Waals surface area contributed by atoms with Crippen LogP contribution >= 0.6 is 0 Å². The number of carbonyl (C=O) groups excluding carboxylic acids is 2. The molecule has 2 fully saturated rings. The standard InChI is InChI=1S/C10H14O3/c1-13-9(12)7-3-2-4-10(5-7)6-8(10)11/h7H,2-6H2,1H3. The molecule has 0 N–H and O–H groups in total. The molecule has 2 unspecified atom stereocenters. The van der Waals surface area contributed by atoms with Crippen molar-refractivity contribution >= 4 is 11.8 Å². The quantitative estimate of drug-likeness (QED) is 0.574. The minimum Gasteiger partial charge on any atom is -0.469 e. The molecule has 1 spiro atoms. The number of esters is 1. The lowest BCUT2D eigenvalue weighted by molar-refractivity contribution is -0.147. The first-order valence-electron chi connectivity index (χ1n) is 4.79. The highest BCUT2D eigenvalue weighted by atomic mass is 16.5. The van der Waals surface area contributed by atoms with Crippen LogP contribution in [0, 0.1) is 11.3 Å². The highest BCUT2D eigenvalue weighted by Gasteiger charge is 2.56. The van der Waals surface area contributed by atoms with Crippen molar-refractivity contribution < 1.29 is 14.3 Å². The zero-order valence-corrected chi connectivity index (χ0v) is 7.84. The Morgan fingerprint density at radius 3 is 2.85 bits per heavy atom. The Hall–Kier alpha value is -0.860. The minimum atomic E-state index is -0.140. The molecular weight excluding hydrogens is 168 g/mol. The van der Waals surface area contributed by atoms with Crippen molar-refractivity contribution in [3.05, 3.63) is 0 Å². The minimum absolute atomic E-state index is 0.0230. The van der Waals surface area contributed by atoms with E-state index in [9.17, 15) is 9.59 Å². The SMILES string of the molecule is COC(=O)C1CCCC2(CC2=O)C1. The summed E-state index contributed by atoms with van der Waals surface area (Å²) in [7, 11) is 1.42. The summed E-state index contributed by atoms with van der Waals surface area (Å²) in [4.78, 5) is 22.4. The van der Waals surface area contributed by atoms with Gasteiger partial charge in [0.05, 0.1) is 13.0 Å². The fraction of sp³-hybridized carbons (Fsp3) is 0.800. The molecule has 13 heavy (non-hydrogen) atoms. The summed E-state index contributed by atoms with van der Waals surface area (Å²) in [5.74, 6) is 0.185. The van der Waals surface area contributed by atoms with Crippen molar-refractivity contribution in [2.24, 2.45) is 11.3 Å². The fourth-order valence-corrected chi connectivity index (χ4v) is 2.41. The number of ketones is 1. The maximum Gasteiger partial charge on any atom is 0.308 e. The van der Waals surface area contributed by atoms with Crippen LogP contribution in [0.25, 0.3) is 0 Å². The molecule has 0 aromatic carbocycles. The maximum atomic E-state index is 11.3. The van der Waals surface area contributed by atoms with Crippen LogP contribution in [0.2, 0.25) is 0 Å². The number of ether oxygens (including phenoxy) is 1. The molecule has 3 heteroatoms. The number of hydrogen-bond acceptors (Lipinski definition) is 3. The highest BCUT2D eigenvalue weighted by Crippen LogP contribution is 2.54.